The highest BCUT2D eigenvalue weighted by atomic mass is 32.2. The van der Waals surface area contributed by atoms with Gasteiger partial charge in [-0.2, -0.15) is 5.26 Å². The first kappa shape index (κ1) is 18.4. The Hall–Kier alpha value is -2.44. The second-order valence-electron chi connectivity index (χ2n) is 5.92. The molecule has 0 aromatic carbocycles. The van der Waals surface area contributed by atoms with E-state index >= 15 is 0 Å². The van der Waals surface area contributed by atoms with E-state index < -0.39 is 0 Å². The fourth-order valence-corrected chi connectivity index (χ4v) is 3.51. The Kier molecular flexibility index (Phi) is 6.20. The zero-order valence-electron chi connectivity index (χ0n) is 14.5. The van der Waals surface area contributed by atoms with Crippen molar-refractivity contribution in [2.24, 2.45) is 0 Å². The highest BCUT2D eigenvalue weighted by Gasteiger charge is 2.18. The Morgan fingerprint density at radius 3 is 3.15 bits per heavy atom. The minimum atomic E-state index is -0.242. The normalized spacial score (nSPS) is 13.1. The lowest BCUT2D eigenvalue weighted by Crippen LogP contribution is -2.36. The maximum absolute atomic E-state index is 12.1. The Morgan fingerprint density at radius 1 is 1.50 bits per heavy atom. The molecule has 1 aliphatic carbocycles. The molecule has 0 spiro atoms. The molecular formula is C17H20N5O3S+. The number of ether oxygens (including phenoxy) is 1. The number of amides is 1. The van der Waals surface area contributed by atoms with Gasteiger partial charge in [0, 0.05) is 12.8 Å². The van der Waals surface area contributed by atoms with Crippen LogP contribution >= 0.6 is 11.8 Å². The Labute approximate surface area is 155 Å². The van der Waals surface area contributed by atoms with Crippen LogP contribution < -0.4 is 10.00 Å². The van der Waals surface area contributed by atoms with Gasteiger partial charge in [-0.15, -0.1) is 0 Å². The molecule has 8 nitrogen and oxygen atoms in total. The monoisotopic (exact) mass is 374 g/mol. The molecule has 0 saturated heterocycles. The third-order valence-electron chi connectivity index (χ3n) is 4.02. The number of anilines is 1. The Bertz CT molecular complexity index is 830. The average molecular weight is 374 g/mol. The highest BCUT2D eigenvalue weighted by molar-refractivity contribution is 8.00. The number of hydrogen-bond donors (Lipinski definition) is 1. The summed E-state index contributed by atoms with van der Waals surface area (Å²) in [5.74, 6) is 0.165. The second kappa shape index (κ2) is 8.78. The number of aromatic nitrogens is 3. The van der Waals surface area contributed by atoms with Crippen molar-refractivity contribution in [1.29, 1.82) is 5.26 Å². The lowest BCUT2D eigenvalue weighted by Gasteiger charge is -2.16. The van der Waals surface area contributed by atoms with E-state index in [1.807, 2.05) is 6.07 Å². The SMILES string of the molecule is COCC[n+]1cc(NC(=O)CSc2nc3c(cc2C#N)CCCC3)on1. The summed E-state index contributed by atoms with van der Waals surface area (Å²) in [6, 6.07) is 4.10. The summed E-state index contributed by atoms with van der Waals surface area (Å²) in [5, 5.41) is 16.4. The number of nitriles is 1. The summed E-state index contributed by atoms with van der Waals surface area (Å²) in [4.78, 5) is 16.7. The Balaban J connectivity index is 1.59. The maximum atomic E-state index is 12.1. The van der Waals surface area contributed by atoms with Gasteiger partial charge in [0.25, 0.3) is 6.20 Å². The molecule has 3 rings (SSSR count). The van der Waals surface area contributed by atoms with Gasteiger partial charge in [-0.3, -0.25) is 14.6 Å². The molecule has 0 fully saturated rings. The van der Waals surface area contributed by atoms with Crippen molar-refractivity contribution in [3.63, 3.8) is 0 Å². The molecule has 0 saturated carbocycles. The maximum Gasteiger partial charge on any atom is 0.302 e. The van der Waals surface area contributed by atoms with Gasteiger partial charge in [0.05, 0.1) is 11.3 Å². The molecule has 0 atom stereocenters. The van der Waals surface area contributed by atoms with Crippen LogP contribution in [0.3, 0.4) is 0 Å². The van der Waals surface area contributed by atoms with Crippen molar-refractivity contribution in [2.75, 3.05) is 24.8 Å². The highest BCUT2D eigenvalue weighted by Crippen LogP contribution is 2.27. The van der Waals surface area contributed by atoms with Crippen LogP contribution in [-0.4, -0.2) is 35.6 Å². The first-order chi connectivity index (χ1) is 12.7. The summed E-state index contributed by atoms with van der Waals surface area (Å²) >= 11 is 1.26. The van der Waals surface area contributed by atoms with E-state index in [2.05, 4.69) is 21.6 Å². The van der Waals surface area contributed by atoms with Crippen LogP contribution in [0.15, 0.2) is 21.8 Å². The molecule has 1 N–H and O–H groups in total. The minimum absolute atomic E-state index is 0.138. The lowest BCUT2D eigenvalue weighted by atomic mass is 9.95. The van der Waals surface area contributed by atoms with Gasteiger partial charge in [-0.1, -0.05) is 11.8 Å². The van der Waals surface area contributed by atoms with Gasteiger partial charge in [0.1, 0.15) is 17.7 Å². The van der Waals surface area contributed by atoms with Crippen molar-refractivity contribution in [3.8, 4) is 6.07 Å². The molecule has 0 radical (unpaired) electrons. The van der Waals surface area contributed by atoms with Crippen molar-refractivity contribution in [1.82, 2.24) is 10.3 Å². The molecule has 2 heterocycles. The van der Waals surface area contributed by atoms with Crippen LogP contribution in [0.1, 0.15) is 29.7 Å². The number of carbonyl (C=O) groups excluding carboxylic acids is 1. The zero-order valence-corrected chi connectivity index (χ0v) is 15.3. The van der Waals surface area contributed by atoms with E-state index in [9.17, 15) is 10.1 Å². The second-order valence-corrected chi connectivity index (χ2v) is 6.89. The number of nitrogens with zero attached hydrogens (tertiary/aromatic N) is 4. The van der Waals surface area contributed by atoms with E-state index in [0.29, 0.717) is 23.7 Å². The van der Waals surface area contributed by atoms with Crippen LogP contribution in [0.4, 0.5) is 5.88 Å². The van der Waals surface area contributed by atoms with Gasteiger partial charge >= 0.3 is 5.88 Å². The van der Waals surface area contributed by atoms with Crippen LogP contribution in [0.25, 0.3) is 0 Å². The minimum Gasteiger partial charge on any atom is -0.378 e. The van der Waals surface area contributed by atoms with Crippen LogP contribution in [-0.2, 0) is 28.9 Å². The zero-order chi connectivity index (χ0) is 18.4. The number of pyridine rings is 1. The molecule has 0 aliphatic heterocycles. The van der Waals surface area contributed by atoms with Gasteiger partial charge in [0.15, 0.2) is 0 Å². The number of nitrogens with one attached hydrogen (secondary N) is 1. The molecule has 1 aliphatic rings. The number of aryl methyl sites for hydroxylation is 2. The van der Waals surface area contributed by atoms with Gasteiger partial charge in [-0.25, -0.2) is 4.98 Å². The van der Waals surface area contributed by atoms with Crippen molar-refractivity contribution >= 4 is 23.6 Å². The molecule has 2 aromatic rings. The number of methoxy groups -OCH3 is 1. The third kappa shape index (κ3) is 4.59. The molecule has 26 heavy (non-hydrogen) atoms. The van der Waals surface area contributed by atoms with Crippen molar-refractivity contribution < 1.29 is 18.7 Å². The predicted octanol–water partition coefficient (Wildman–Crippen LogP) is 1.48. The fraction of sp³-hybridized carbons (Fsp3) is 0.471. The van der Waals surface area contributed by atoms with Gasteiger partial charge in [0.2, 0.25) is 17.7 Å². The average Bonchev–Trinajstić information content (AvgIpc) is 3.11. The summed E-state index contributed by atoms with van der Waals surface area (Å²) < 4.78 is 11.6. The topological polar surface area (TPSA) is 105 Å². The van der Waals surface area contributed by atoms with E-state index in [1.165, 1.54) is 11.8 Å². The number of hydrogen-bond acceptors (Lipinski definition) is 7. The number of carbonyl (C=O) groups is 1. The number of rotatable bonds is 7. The Morgan fingerprint density at radius 2 is 2.35 bits per heavy atom. The van der Waals surface area contributed by atoms with Gasteiger partial charge in [-0.05, 0) is 42.0 Å². The summed E-state index contributed by atoms with van der Waals surface area (Å²) in [5.41, 5.74) is 2.73. The van der Waals surface area contributed by atoms with Crippen LogP contribution in [0.2, 0.25) is 0 Å². The van der Waals surface area contributed by atoms with E-state index in [-0.39, 0.29) is 17.5 Å². The quantitative estimate of drug-likeness (QED) is 0.578. The predicted molar refractivity (Wildman–Crippen MR) is 93.5 cm³/mol. The van der Waals surface area contributed by atoms with Crippen LogP contribution in [0.5, 0.6) is 0 Å². The number of thioether (sulfide) groups is 1. The molecule has 2 aromatic heterocycles. The molecule has 1 amide bonds. The molecule has 0 unspecified atom stereocenters. The summed E-state index contributed by atoms with van der Waals surface area (Å²) in [6.07, 6.45) is 5.75. The van der Waals surface area contributed by atoms with Crippen molar-refractivity contribution in [3.05, 3.63) is 29.1 Å². The standard InChI is InChI=1S/C17H19N5O3S/c1-24-7-6-22-10-16(25-21-22)20-15(23)11-26-17-13(9-18)8-12-4-2-3-5-14(12)19-17/h8,10H,2-7,11H2,1H3/p+1. The van der Waals surface area contributed by atoms with E-state index in [1.54, 1.807) is 18.0 Å². The smallest absolute Gasteiger partial charge is 0.302 e. The molecular weight excluding hydrogens is 354 g/mol. The summed E-state index contributed by atoms with van der Waals surface area (Å²) in [7, 11) is 1.60. The molecule has 136 valence electrons. The summed E-state index contributed by atoms with van der Waals surface area (Å²) in [6.45, 7) is 1.04. The first-order valence-electron chi connectivity index (χ1n) is 8.40. The van der Waals surface area contributed by atoms with E-state index in [4.69, 9.17) is 9.26 Å². The van der Waals surface area contributed by atoms with Gasteiger partial charge < -0.3 is 4.74 Å². The largest absolute Gasteiger partial charge is 0.378 e. The van der Waals surface area contributed by atoms with Crippen LogP contribution in [0, 0.1) is 11.3 Å². The van der Waals surface area contributed by atoms with Crippen molar-refractivity contribution in [2.45, 2.75) is 37.3 Å². The number of fused-ring (bicyclic) bond motifs is 1. The lowest BCUT2D eigenvalue weighted by molar-refractivity contribution is -0.763. The fourth-order valence-electron chi connectivity index (χ4n) is 2.74. The van der Waals surface area contributed by atoms with E-state index in [0.717, 1.165) is 36.9 Å². The molecule has 9 heteroatoms. The molecule has 0 bridgehead atoms. The first-order valence-corrected chi connectivity index (χ1v) is 9.39. The third-order valence-corrected chi connectivity index (χ3v) is 5.01.